The average Bonchev–Trinajstić information content (AvgIpc) is 3.01. The van der Waals surface area contributed by atoms with Crippen LogP contribution in [0.1, 0.15) is 11.1 Å². The van der Waals surface area contributed by atoms with Crippen LogP contribution in [0.25, 0.3) is 22.1 Å². The molecule has 0 atom stereocenters. The molecule has 5 aromatic rings. The maximum atomic E-state index is 13.2. The highest BCUT2D eigenvalue weighted by molar-refractivity contribution is 5.96. The lowest BCUT2D eigenvalue weighted by Crippen LogP contribution is -2.10. The van der Waals surface area contributed by atoms with Gasteiger partial charge < -0.3 is 20.4 Å². The second-order valence-corrected chi connectivity index (χ2v) is 8.18. The van der Waals surface area contributed by atoms with Crippen LogP contribution in [0.4, 0.5) is 15.9 Å². The molecular weight excluding hydrogens is 445 g/mol. The minimum atomic E-state index is -0.376. The van der Waals surface area contributed by atoms with Crippen LogP contribution in [0.5, 0.6) is 5.75 Å². The molecule has 176 valence electrons. The topological polar surface area (TPSA) is 95.1 Å². The first-order chi connectivity index (χ1) is 17.0. The minimum Gasteiger partial charge on any atom is -0.496 e. The molecule has 3 aromatic carbocycles. The van der Waals surface area contributed by atoms with Gasteiger partial charge in [-0.3, -0.25) is 4.79 Å². The molecule has 0 saturated heterocycles. The molecule has 0 saturated carbocycles. The third-order valence-electron chi connectivity index (χ3n) is 5.98. The van der Waals surface area contributed by atoms with Crippen molar-refractivity contribution in [3.05, 3.63) is 100 Å². The van der Waals surface area contributed by atoms with E-state index in [1.807, 2.05) is 34.9 Å². The van der Waals surface area contributed by atoms with Gasteiger partial charge in [-0.25, -0.2) is 14.4 Å². The van der Waals surface area contributed by atoms with Gasteiger partial charge in [-0.05, 0) is 42.3 Å². The summed E-state index contributed by atoms with van der Waals surface area (Å²) in [5.74, 6) is 0.866. The fraction of sp³-hybridized carbons (Fsp3) is 0.148. The van der Waals surface area contributed by atoms with E-state index in [4.69, 9.17) is 15.5 Å². The number of nitrogen functional groups attached to an aromatic ring is 1. The van der Waals surface area contributed by atoms with Crippen LogP contribution in [-0.2, 0) is 13.0 Å². The Morgan fingerprint density at radius 3 is 2.54 bits per heavy atom. The van der Waals surface area contributed by atoms with Gasteiger partial charge in [0.2, 0.25) is 0 Å². The third kappa shape index (κ3) is 4.38. The molecule has 35 heavy (non-hydrogen) atoms. The van der Waals surface area contributed by atoms with Crippen LogP contribution in [0.3, 0.4) is 0 Å². The molecule has 7 nitrogen and oxygen atoms in total. The number of aromatic nitrogens is 3. The highest BCUT2D eigenvalue weighted by atomic mass is 19.1. The molecule has 2 aromatic heterocycles. The van der Waals surface area contributed by atoms with Crippen molar-refractivity contribution in [2.75, 3.05) is 24.7 Å². The summed E-state index contributed by atoms with van der Waals surface area (Å²) in [7, 11) is 1.62. The van der Waals surface area contributed by atoms with Crippen molar-refractivity contribution in [2.45, 2.75) is 13.0 Å². The molecule has 0 amide bonds. The Morgan fingerprint density at radius 1 is 1.00 bits per heavy atom. The number of hydrogen-bond donors (Lipinski definition) is 2. The molecule has 0 bridgehead atoms. The minimum absolute atomic E-state index is 0.275. The van der Waals surface area contributed by atoms with Crippen molar-refractivity contribution in [2.24, 2.45) is 0 Å². The standard InChI is InChI=1S/C27H24FN5O2/c1-35-22-9-5-2-6-18(22)16-33-25(29)23(30-15-14-17-10-12-19(28)13-11-17)24-26(33)31-21-8-4-3-7-20(21)27(34)32-24/h2-13,30H,14-16,29H2,1H3. The normalized spacial score (nSPS) is 11.1. The van der Waals surface area contributed by atoms with Gasteiger partial charge in [-0.2, -0.15) is 0 Å². The van der Waals surface area contributed by atoms with E-state index in [2.05, 4.69) is 10.3 Å². The third-order valence-corrected chi connectivity index (χ3v) is 5.98. The van der Waals surface area contributed by atoms with E-state index in [1.165, 1.54) is 12.1 Å². The summed E-state index contributed by atoms with van der Waals surface area (Å²) >= 11 is 0. The molecule has 0 aliphatic heterocycles. The number of nitrogens with zero attached hydrogens (tertiary/aromatic N) is 3. The summed E-state index contributed by atoms with van der Waals surface area (Å²) in [5, 5.41) is 3.77. The zero-order chi connectivity index (χ0) is 24.4. The van der Waals surface area contributed by atoms with Crippen molar-refractivity contribution in [1.29, 1.82) is 0 Å². The predicted molar refractivity (Wildman–Crippen MR) is 136 cm³/mol. The van der Waals surface area contributed by atoms with Gasteiger partial charge in [0.25, 0.3) is 5.56 Å². The summed E-state index contributed by atoms with van der Waals surface area (Å²) < 4.78 is 20.6. The number of hydrogen-bond acceptors (Lipinski definition) is 6. The van der Waals surface area contributed by atoms with Crippen molar-refractivity contribution < 1.29 is 9.13 Å². The number of methoxy groups -OCH3 is 1. The number of anilines is 2. The van der Waals surface area contributed by atoms with Gasteiger partial charge >= 0.3 is 0 Å². The zero-order valence-electron chi connectivity index (χ0n) is 19.2. The molecule has 0 radical (unpaired) electrons. The molecule has 0 spiro atoms. The first-order valence-corrected chi connectivity index (χ1v) is 11.2. The first-order valence-electron chi connectivity index (χ1n) is 11.2. The number of rotatable bonds is 7. The summed E-state index contributed by atoms with van der Waals surface area (Å²) in [6.45, 7) is 0.894. The van der Waals surface area contributed by atoms with Crippen LogP contribution in [0.15, 0.2) is 77.6 Å². The predicted octanol–water partition coefficient (Wildman–Crippen LogP) is 4.38. The number of benzene rings is 3. The maximum Gasteiger partial charge on any atom is 0.279 e. The monoisotopic (exact) mass is 469 g/mol. The van der Waals surface area contributed by atoms with Gasteiger partial charge in [0, 0.05) is 12.1 Å². The number of para-hydroxylation sites is 2. The Bertz CT molecular complexity index is 1580. The molecule has 0 unspecified atom stereocenters. The lowest BCUT2D eigenvalue weighted by atomic mass is 10.1. The maximum absolute atomic E-state index is 13.2. The highest BCUT2D eigenvalue weighted by Gasteiger charge is 2.19. The number of halogens is 1. The zero-order valence-corrected chi connectivity index (χ0v) is 19.2. The Morgan fingerprint density at radius 2 is 1.74 bits per heavy atom. The van der Waals surface area contributed by atoms with Crippen LogP contribution in [-0.4, -0.2) is 28.2 Å². The second kappa shape index (κ2) is 9.42. The fourth-order valence-corrected chi connectivity index (χ4v) is 4.18. The summed E-state index contributed by atoms with van der Waals surface area (Å²) in [6.07, 6.45) is 0.636. The van der Waals surface area contributed by atoms with E-state index in [-0.39, 0.29) is 11.4 Å². The summed E-state index contributed by atoms with van der Waals surface area (Å²) in [4.78, 5) is 22.2. The molecule has 2 heterocycles. The average molecular weight is 470 g/mol. The van der Waals surface area contributed by atoms with Gasteiger partial charge in [-0.1, -0.05) is 42.5 Å². The number of nitrogens with one attached hydrogen (secondary N) is 1. The molecule has 0 aliphatic rings. The van der Waals surface area contributed by atoms with E-state index in [0.717, 1.165) is 16.9 Å². The van der Waals surface area contributed by atoms with Crippen LogP contribution in [0.2, 0.25) is 0 Å². The molecular formula is C27H24FN5O2. The molecule has 0 aliphatic carbocycles. The molecule has 8 heteroatoms. The SMILES string of the molecule is COc1ccccc1Cn1c(N)c(NCCc2ccc(F)cc2)c2nc(=O)c3ccccc3nc21. The molecule has 3 N–H and O–H groups in total. The quantitative estimate of drug-likeness (QED) is 0.367. The van der Waals surface area contributed by atoms with Crippen molar-refractivity contribution in [3.63, 3.8) is 0 Å². The van der Waals surface area contributed by atoms with Crippen molar-refractivity contribution in [3.8, 4) is 5.75 Å². The molecule has 5 rings (SSSR count). The highest BCUT2D eigenvalue weighted by Crippen LogP contribution is 2.32. The van der Waals surface area contributed by atoms with Gasteiger partial charge in [0.1, 0.15) is 28.6 Å². The first kappa shape index (κ1) is 22.3. The fourth-order valence-electron chi connectivity index (χ4n) is 4.18. The Labute approximate surface area is 201 Å². The van der Waals surface area contributed by atoms with Crippen LogP contribution in [0, 0.1) is 5.82 Å². The van der Waals surface area contributed by atoms with Gasteiger partial charge in [0.15, 0.2) is 5.65 Å². The van der Waals surface area contributed by atoms with E-state index in [1.54, 1.807) is 37.4 Å². The van der Waals surface area contributed by atoms with Gasteiger partial charge in [-0.15, -0.1) is 0 Å². The number of ether oxygens (including phenoxy) is 1. The summed E-state index contributed by atoms with van der Waals surface area (Å²) in [6, 6.07) is 21.2. The number of nitrogens with two attached hydrogens (primary N) is 1. The molecule has 0 fully saturated rings. The van der Waals surface area contributed by atoms with Gasteiger partial charge in [0.05, 0.1) is 24.6 Å². The van der Waals surface area contributed by atoms with E-state index >= 15 is 0 Å². The van der Waals surface area contributed by atoms with E-state index in [0.29, 0.717) is 53.1 Å². The number of fused-ring (bicyclic) bond motifs is 2. The van der Waals surface area contributed by atoms with Crippen molar-refractivity contribution >= 4 is 33.6 Å². The van der Waals surface area contributed by atoms with Crippen LogP contribution >= 0.6 is 0 Å². The lowest BCUT2D eigenvalue weighted by molar-refractivity contribution is 0.408. The summed E-state index contributed by atoms with van der Waals surface area (Å²) in [5.41, 5.74) is 10.1. The lowest BCUT2D eigenvalue weighted by Gasteiger charge is -2.12. The van der Waals surface area contributed by atoms with Crippen molar-refractivity contribution in [1.82, 2.24) is 14.5 Å². The largest absolute Gasteiger partial charge is 0.496 e. The Balaban J connectivity index is 1.62. The van der Waals surface area contributed by atoms with E-state index < -0.39 is 0 Å². The van der Waals surface area contributed by atoms with Crippen LogP contribution < -0.4 is 21.3 Å². The second-order valence-electron chi connectivity index (χ2n) is 8.18. The Kier molecular flexibility index (Phi) is 6.01. The smallest absolute Gasteiger partial charge is 0.279 e. The Hall–Kier alpha value is -4.46. The van der Waals surface area contributed by atoms with E-state index in [9.17, 15) is 9.18 Å².